The number of fused-ring (bicyclic) bond motifs is 1. The number of nitrogens with zero attached hydrogens (tertiary/aromatic N) is 2. The van der Waals surface area contributed by atoms with E-state index in [9.17, 15) is 18.4 Å². The van der Waals surface area contributed by atoms with Gasteiger partial charge in [0.2, 0.25) is 5.91 Å². The molecule has 118 valence electrons. The van der Waals surface area contributed by atoms with E-state index in [2.05, 4.69) is 10.3 Å². The Labute approximate surface area is 124 Å². The van der Waals surface area contributed by atoms with E-state index in [-0.39, 0.29) is 18.5 Å². The van der Waals surface area contributed by atoms with Crippen molar-refractivity contribution in [2.45, 2.75) is 18.9 Å². The van der Waals surface area contributed by atoms with Crippen molar-refractivity contribution in [3.05, 3.63) is 40.9 Å². The predicted octanol–water partition coefficient (Wildman–Crippen LogP) is 0.497. The lowest BCUT2D eigenvalue weighted by Crippen LogP contribution is -2.41. The van der Waals surface area contributed by atoms with Crippen molar-refractivity contribution >= 4 is 16.8 Å². The van der Waals surface area contributed by atoms with Crippen molar-refractivity contribution in [1.82, 2.24) is 14.9 Å². The topological polar surface area (TPSA) is 90.0 Å². The van der Waals surface area contributed by atoms with E-state index in [0.29, 0.717) is 10.9 Å². The first-order chi connectivity index (χ1) is 10.4. The molecule has 0 aliphatic carbocycles. The zero-order valence-corrected chi connectivity index (χ0v) is 11.8. The minimum absolute atomic E-state index is 0.0662. The Bertz CT molecular complexity index is 730. The highest BCUT2D eigenvalue weighted by Gasteiger charge is 2.26. The molecule has 0 spiro atoms. The third-order valence-corrected chi connectivity index (χ3v) is 3.15. The third-order valence-electron chi connectivity index (χ3n) is 3.15. The molecule has 6 nitrogen and oxygen atoms in total. The molecule has 0 aliphatic rings. The number of amides is 1. The molecular weight excluding hydrogens is 294 g/mol. The zero-order chi connectivity index (χ0) is 16.2. The van der Waals surface area contributed by atoms with E-state index in [0.717, 1.165) is 0 Å². The maximum Gasteiger partial charge on any atom is 0.277 e. The van der Waals surface area contributed by atoms with Gasteiger partial charge in [-0.05, 0) is 12.1 Å². The molecule has 0 saturated carbocycles. The van der Waals surface area contributed by atoms with Crippen LogP contribution in [0.5, 0.6) is 0 Å². The fourth-order valence-corrected chi connectivity index (χ4v) is 1.88. The van der Waals surface area contributed by atoms with Gasteiger partial charge < -0.3 is 11.1 Å². The molecule has 0 unspecified atom stereocenters. The molecule has 0 radical (unpaired) electrons. The summed E-state index contributed by atoms with van der Waals surface area (Å²) in [4.78, 5) is 27.8. The predicted molar refractivity (Wildman–Crippen MR) is 77.6 cm³/mol. The monoisotopic (exact) mass is 310 g/mol. The molecule has 0 fully saturated rings. The standard InChI is InChI=1S/C14H16F2N4O2/c15-14(16,7-17)8-18-12(21)5-6-20-9-19-11-4-2-1-3-10(11)13(20)22/h1-4,9H,5-8,17H2,(H,18,21). The summed E-state index contributed by atoms with van der Waals surface area (Å²) in [5.41, 5.74) is 5.17. The number of rotatable bonds is 6. The van der Waals surface area contributed by atoms with Gasteiger partial charge in [0.15, 0.2) is 0 Å². The number of aromatic nitrogens is 2. The number of halogens is 2. The molecule has 1 aromatic heterocycles. The van der Waals surface area contributed by atoms with Crippen LogP contribution in [-0.2, 0) is 11.3 Å². The normalized spacial score (nSPS) is 11.6. The Morgan fingerprint density at radius 1 is 1.36 bits per heavy atom. The van der Waals surface area contributed by atoms with Crippen molar-refractivity contribution in [2.75, 3.05) is 13.1 Å². The van der Waals surface area contributed by atoms with Gasteiger partial charge in [0.05, 0.1) is 30.3 Å². The van der Waals surface area contributed by atoms with Gasteiger partial charge in [-0.25, -0.2) is 13.8 Å². The molecule has 2 rings (SSSR count). The van der Waals surface area contributed by atoms with Crippen LogP contribution in [-0.4, -0.2) is 34.5 Å². The highest BCUT2D eigenvalue weighted by molar-refractivity contribution is 5.77. The molecule has 1 heterocycles. The number of nitrogens with two attached hydrogens (primary N) is 1. The molecule has 0 saturated heterocycles. The largest absolute Gasteiger partial charge is 0.350 e. The van der Waals surface area contributed by atoms with E-state index in [4.69, 9.17) is 5.73 Å². The van der Waals surface area contributed by atoms with Crippen LogP contribution in [0.15, 0.2) is 35.4 Å². The van der Waals surface area contributed by atoms with Crippen molar-refractivity contribution in [3.63, 3.8) is 0 Å². The van der Waals surface area contributed by atoms with Gasteiger partial charge in [0.25, 0.3) is 11.5 Å². The lowest BCUT2D eigenvalue weighted by atomic mass is 10.2. The second kappa shape index (κ2) is 6.61. The summed E-state index contributed by atoms with van der Waals surface area (Å²) in [5, 5.41) is 2.54. The molecule has 1 amide bonds. The molecule has 3 N–H and O–H groups in total. The van der Waals surface area contributed by atoms with Gasteiger partial charge >= 0.3 is 0 Å². The van der Waals surface area contributed by atoms with Crippen molar-refractivity contribution in [2.24, 2.45) is 5.73 Å². The van der Waals surface area contributed by atoms with Gasteiger partial charge in [0.1, 0.15) is 0 Å². The highest BCUT2D eigenvalue weighted by Crippen LogP contribution is 2.08. The molecule has 0 aliphatic heterocycles. The van der Waals surface area contributed by atoms with E-state index in [1.807, 2.05) is 0 Å². The number of benzene rings is 1. The lowest BCUT2D eigenvalue weighted by Gasteiger charge is -2.14. The smallest absolute Gasteiger partial charge is 0.277 e. The van der Waals surface area contributed by atoms with E-state index < -0.39 is 24.9 Å². The van der Waals surface area contributed by atoms with Crippen LogP contribution < -0.4 is 16.6 Å². The summed E-state index contributed by atoms with van der Waals surface area (Å²) in [6.07, 6.45) is 1.24. The number of nitrogens with one attached hydrogen (secondary N) is 1. The van der Waals surface area contributed by atoms with E-state index >= 15 is 0 Å². The fraction of sp³-hybridized carbons (Fsp3) is 0.357. The number of aryl methyl sites for hydroxylation is 1. The molecule has 1 aromatic carbocycles. The van der Waals surface area contributed by atoms with Crippen LogP contribution in [0, 0.1) is 0 Å². The Morgan fingerprint density at radius 3 is 2.82 bits per heavy atom. The fourth-order valence-electron chi connectivity index (χ4n) is 1.88. The van der Waals surface area contributed by atoms with Gasteiger partial charge in [-0.15, -0.1) is 0 Å². The van der Waals surface area contributed by atoms with Crippen LogP contribution in [0.2, 0.25) is 0 Å². The van der Waals surface area contributed by atoms with Crippen LogP contribution in [0.1, 0.15) is 6.42 Å². The van der Waals surface area contributed by atoms with Crippen LogP contribution in [0.4, 0.5) is 8.78 Å². The van der Waals surface area contributed by atoms with Crippen LogP contribution in [0.3, 0.4) is 0 Å². The second-order valence-electron chi connectivity index (χ2n) is 4.85. The average molecular weight is 310 g/mol. The summed E-state index contributed by atoms with van der Waals surface area (Å²) < 4.78 is 27.1. The van der Waals surface area contributed by atoms with Gasteiger partial charge in [-0.3, -0.25) is 14.2 Å². The average Bonchev–Trinajstić information content (AvgIpc) is 2.53. The van der Waals surface area contributed by atoms with Crippen LogP contribution in [0.25, 0.3) is 10.9 Å². The number of alkyl halides is 2. The molecule has 2 aromatic rings. The molecule has 8 heteroatoms. The second-order valence-corrected chi connectivity index (χ2v) is 4.85. The van der Waals surface area contributed by atoms with E-state index in [1.165, 1.54) is 10.9 Å². The first kappa shape index (κ1) is 16.0. The number of hydrogen-bond donors (Lipinski definition) is 2. The first-order valence-corrected chi connectivity index (χ1v) is 6.72. The number of carbonyl (C=O) groups is 1. The molecule has 22 heavy (non-hydrogen) atoms. The van der Waals surface area contributed by atoms with Crippen molar-refractivity contribution in [1.29, 1.82) is 0 Å². The molecule has 0 atom stereocenters. The first-order valence-electron chi connectivity index (χ1n) is 6.72. The molecule has 0 bridgehead atoms. The van der Waals surface area contributed by atoms with Crippen molar-refractivity contribution < 1.29 is 13.6 Å². The summed E-state index contributed by atoms with van der Waals surface area (Å²) in [5.74, 6) is -3.70. The molecular formula is C14H16F2N4O2. The number of carbonyl (C=O) groups excluding carboxylic acids is 1. The van der Waals surface area contributed by atoms with E-state index in [1.54, 1.807) is 24.3 Å². The third kappa shape index (κ3) is 3.85. The number of hydrogen-bond acceptors (Lipinski definition) is 4. The lowest BCUT2D eigenvalue weighted by molar-refractivity contribution is -0.123. The Hall–Kier alpha value is -2.35. The maximum absolute atomic E-state index is 12.9. The van der Waals surface area contributed by atoms with Gasteiger partial charge in [-0.1, -0.05) is 12.1 Å². The van der Waals surface area contributed by atoms with Crippen LogP contribution >= 0.6 is 0 Å². The maximum atomic E-state index is 12.9. The zero-order valence-electron chi connectivity index (χ0n) is 11.8. The minimum atomic E-state index is -3.13. The minimum Gasteiger partial charge on any atom is -0.350 e. The Morgan fingerprint density at radius 2 is 2.09 bits per heavy atom. The van der Waals surface area contributed by atoms with Gasteiger partial charge in [0, 0.05) is 13.0 Å². The Balaban J connectivity index is 1.99. The Kier molecular flexibility index (Phi) is 4.81. The summed E-state index contributed by atoms with van der Waals surface area (Å²) in [6.45, 7) is -1.58. The SMILES string of the molecule is NCC(F)(F)CNC(=O)CCn1cnc2ccccc2c1=O. The van der Waals surface area contributed by atoms with Crippen molar-refractivity contribution in [3.8, 4) is 0 Å². The summed E-state index contributed by atoms with van der Waals surface area (Å²) in [7, 11) is 0. The highest BCUT2D eigenvalue weighted by atomic mass is 19.3. The quantitative estimate of drug-likeness (QED) is 0.813. The summed E-state index contributed by atoms with van der Waals surface area (Å²) in [6, 6.07) is 6.84. The number of para-hydroxylation sites is 1. The van der Waals surface area contributed by atoms with Gasteiger partial charge in [-0.2, -0.15) is 0 Å². The summed E-state index contributed by atoms with van der Waals surface area (Å²) >= 11 is 0.